The standard InChI is InChI=1S/C27H30N2O4/c30-25(16-17-26(31)28-19-22-12-6-2-7-13-22)24(18-21-10-4-1-5-11-21)29-27(32)33-20-23-14-8-3-9-15-23/h1-15,24-25,30H,16-20H2,(H,28,31)(H,29,32)/t24-,25-/m0/s1. The number of hydrogen-bond donors (Lipinski definition) is 3. The summed E-state index contributed by atoms with van der Waals surface area (Å²) >= 11 is 0. The number of benzene rings is 3. The van der Waals surface area contributed by atoms with E-state index < -0.39 is 18.2 Å². The summed E-state index contributed by atoms with van der Waals surface area (Å²) in [6, 6.07) is 28.0. The van der Waals surface area contributed by atoms with Crippen LogP contribution in [0.5, 0.6) is 0 Å². The first-order chi connectivity index (χ1) is 16.1. The predicted molar refractivity (Wildman–Crippen MR) is 127 cm³/mol. The number of hydrogen-bond acceptors (Lipinski definition) is 4. The summed E-state index contributed by atoms with van der Waals surface area (Å²) in [5.74, 6) is -0.150. The van der Waals surface area contributed by atoms with Crippen molar-refractivity contribution >= 4 is 12.0 Å². The highest BCUT2D eigenvalue weighted by Crippen LogP contribution is 2.11. The molecule has 3 rings (SSSR count). The van der Waals surface area contributed by atoms with E-state index in [-0.39, 0.29) is 25.4 Å². The number of ether oxygens (including phenoxy) is 1. The van der Waals surface area contributed by atoms with Crippen molar-refractivity contribution in [1.29, 1.82) is 0 Å². The number of aliphatic hydroxyl groups excluding tert-OH is 1. The van der Waals surface area contributed by atoms with Gasteiger partial charge in [-0.25, -0.2) is 4.79 Å². The summed E-state index contributed by atoms with van der Waals surface area (Å²) in [7, 11) is 0. The van der Waals surface area contributed by atoms with Crippen molar-refractivity contribution in [2.75, 3.05) is 0 Å². The quantitative estimate of drug-likeness (QED) is 0.416. The average molecular weight is 447 g/mol. The molecule has 0 unspecified atom stereocenters. The third-order valence-corrected chi connectivity index (χ3v) is 5.28. The van der Waals surface area contributed by atoms with Crippen LogP contribution in [0, 0.1) is 0 Å². The summed E-state index contributed by atoms with van der Waals surface area (Å²) in [5.41, 5.74) is 2.86. The Labute approximate surface area is 194 Å². The molecule has 2 amide bonds. The van der Waals surface area contributed by atoms with Gasteiger partial charge in [0.05, 0.1) is 12.1 Å². The van der Waals surface area contributed by atoms with E-state index in [1.165, 1.54) is 0 Å². The van der Waals surface area contributed by atoms with Crippen LogP contribution in [0.15, 0.2) is 91.0 Å². The minimum absolute atomic E-state index is 0.142. The molecule has 0 radical (unpaired) electrons. The van der Waals surface area contributed by atoms with Gasteiger partial charge in [0.25, 0.3) is 0 Å². The van der Waals surface area contributed by atoms with E-state index in [1.54, 1.807) is 0 Å². The lowest BCUT2D eigenvalue weighted by Gasteiger charge is -2.24. The van der Waals surface area contributed by atoms with Crippen molar-refractivity contribution in [3.05, 3.63) is 108 Å². The molecule has 0 bridgehead atoms. The molecule has 0 saturated carbocycles. The van der Waals surface area contributed by atoms with E-state index in [9.17, 15) is 14.7 Å². The Morgan fingerprint density at radius 1 is 0.788 bits per heavy atom. The number of amides is 2. The van der Waals surface area contributed by atoms with Crippen molar-refractivity contribution in [1.82, 2.24) is 10.6 Å². The molecule has 33 heavy (non-hydrogen) atoms. The van der Waals surface area contributed by atoms with E-state index in [0.29, 0.717) is 13.0 Å². The Morgan fingerprint density at radius 2 is 1.33 bits per heavy atom. The van der Waals surface area contributed by atoms with Gasteiger partial charge in [0, 0.05) is 13.0 Å². The van der Waals surface area contributed by atoms with Gasteiger partial charge in [0.2, 0.25) is 5.91 Å². The topological polar surface area (TPSA) is 87.7 Å². The SMILES string of the molecule is O=C(CC[C@H](O)[C@H](Cc1ccccc1)NC(=O)OCc1ccccc1)NCc1ccccc1. The Balaban J connectivity index is 1.52. The molecule has 0 aliphatic heterocycles. The third-order valence-electron chi connectivity index (χ3n) is 5.28. The number of carbonyl (C=O) groups is 2. The lowest BCUT2D eigenvalue weighted by atomic mass is 9.98. The second kappa shape index (κ2) is 13.0. The molecular weight excluding hydrogens is 416 g/mol. The minimum atomic E-state index is -0.906. The van der Waals surface area contributed by atoms with Crippen molar-refractivity contribution in [3.63, 3.8) is 0 Å². The van der Waals surface area contributed by atoms with Gasteiger partial charge in [-0.2, -0.15) is 0 Å². The number of aliphatic hydroxyl groups is 1. The second-order valence-electron chi connectivity index (χ2n) is 7.87. The molecule has 3 aromatic rings. The van der Waals surface area contributed by atoms with Gasteiger partial charge in [0.1, 0.15) is 6.61 Å². The Morgan fingerprint density at radius 3 is 1.94 bits per heavy atom. The van der Waals surface area contributed by atoms with Crippen LogP contribution in [-0.2, 0) is 29.1 Å². The second-order valence-corrected chi connectivity index (χ2v) is 7.87. The van der Waals surface area contributed by atoms with Crippen LogP contribution in [0.1, 0.15) is 29.5 Å². The van der Waals surface area contributed by atoms with Crippen molar-refractivity contribution in [2.24, 2.45) is 0 Å². The molecule has 0 heterocycles. The molecule has 0 aliphatic carbocycles. The highest BCUT2D eigenvalue weighted by Gasteiger charge is 2.23. The van der Waals surface area contributed by atoms with Crippen molar-refractivity contribution in [2.45, 2.75) is 44.6 Å². The summed E-state index contributed by atoms with van der Waals surface area (Å²) in [6.07, 6.45) is -0.713. The van der Waals surface area contributed by atoms with Crippen molar-refractivity contribution in [3.8, 4) is 0 Å². The first-order valence-corrected chi connectivity index (χ1v) is 11.1. The molecule has 3 aromatic carbocycles. The van der Waals surface area contributed by atoms with E-state index in [2.05, 4.69) is 10.6 Å². The fourth-order valence-electron chi connectivity index (χ4n) is 3.43. The summed E-state index contributed by atoms with van der Waals surface area (Å²) < 4.78 is 5.32. The van der Waals surface area contributed by atoms with Crippen LogP contribution < -0.4 is 10.6 Å². The summed E-state index contributed by atoms with van der Waals surface area (Å²) in [6.45, 7) is 0.579. The maximum atomic E-state index is 12.4. The van der Waals surface area contributed by atoms with Gasteiger partial charge >= 0.3 is 6.09 Å². The predicted octanol–water partition coefficient (Wildman–Crippen LogP) is 3.98. The molecule has 172 valence electrons. The Kier molecular flexibility index (Phi) is 9.48. The zero-order chi connectivity index (χ0) is 23.3. The molecule has 0 spiro atoms. The monoisotopic (exact) mass is 446 g/mol. The van der Waals surface area contributed by atoms with Gasteiger partial charge in [-0.05, 0) is 29.5 Å². The van der Waals surface area contributed by atoms with Crippen molar-refractivity contribution < 1.29 is 19.4 Å². The van der Waals surface area contributed by atoms with Crippen LogP contribution in [0.25, 0.3) is 0 Å². The lowest BCUT2D eigenvalue weighted by Crippen LogP contribution is -2.45. The van der Waals surface area contributed by atoms with Crippen LogP contribution in [0.3, 0.4) is 0 Å². The fraction of sp³-hybridized carbons (Fsp3) is 0.259. The zero-order valence-corrected chi connectivity index (χ0v) is 18.5. The fourth-order valence-corrected chi connectivity index (χ4v) is 3.43. The highest BCUT2D eigenvalue weighted by atomic mass is 16.5. The van der Waals surface area contributed by atoms with Gasteiger partial charge < -0.3 is 20.5 Å². The zero-order valence-electron chi connectivity index (χ0n) is 18.5. The third kappa shape index (κ3) is 8.79. The van der Waals surface area contributed by atoms with Crippen LogP contribution in [-0.4, -0.2) is 29.3 Å². The van der Waals surface area contributed by atoms with E-state index in [1.807, 2.05) is 91.0 Å². The largest absolute Gasteiger partial charge is 0.445 e. The van der Waals surface area contributed by atoms with Crippen LogP contribution in [0.2, 0.25) is 0 Å². The number of rotatable bonds is 11. The van der Waals surface area contributed by atoms with Crippen LogP contribution >= 0.6 is 0 Å². The van der Waals surface area contributed by atoms with E-state index in [0.717, 1.165) is 16.7 Å². The summed E-state index contributed by atoms with van der Waals surface area (Å²) in [4.78, 5) is 24.6. The van der Waals surface area contributed by atoms with Gasteiger partial charge in [-0.3, -0.25) is 4.79 Å². The van der Waals surface area contributed by atoms with Gasteiger partial charge in [-0.15, -0.1) is 0 Å². The van der Waals surface area contributed by atoms with Gasteiger partial charge in [-0.1, -0.05) is 91.0 Å². The molecule has 2 atom stereocenters. The highest BCUT2D eigenvalue weighted by molar-refractivity contribution is 5.75. The smallest absolute Gasteiger partial charge is 0.407 e. The summed E-state index contributed by atoms with van der Waals surface area (Å²) in [5, 5.41) is 16.4. The Hall–Kier alpha value is -3.64. The molecule has 0 fully saturated rings. The number of nitrogens with one attached hydrogen (secondary N) is 2. The van der Waals surface area contributed by atoms with Crippen LogP contribution in [0.4, 0.5) is 4.79 Å². The lowest BCUT2D eigenvalue weighted by molar-refractivity contribution is -0.121. The first-order valence-electron chi connectivity index (χ1n) is 11.1. The number of alkyl carbamates (subject to hydrolysis) is 1. The maximum Gasteiger partial charge on any atom is 0.407 e. The van der Waals surface area contributed by atoms with E-state index >= 15 is 0 Å². The molecule has 3 N–H and O–H groups in total. The minimum Gasteiger partial charge on any atom is -0.445 e. The molecule has 0 saturated heterocycles. The van der Waals surface area contributed by atoms with E-state index in [4.69, 9.17) is 4.74 Å². The molecule has 0 aliphatic rings. The Bertz CT molecular complexity index is 981. The van der Waals surface area contributed by atoms with Gasteiger partial charge in [0.15, 0.2) is 0 Å². The molecule has 6 nitrogen and oxygen atoms in total. The molecule has 6 heteroatoms. The first kappa shape index (κ1) is 24.0. The number of carbonyl (C=O) groups excluding carboxylic acids is 2. The normalized spacial score (nSPS) is 12.4. The maximum absolute atomic E-state index is 12.4. The molecular formula is C27H30N2O4. The molecule has 0 aromatic heterocycles. The average Bonchev–Trinajstić information content (AvgIpc) is 2.86.